The van der Waals surface area contributed by atoms with Crippen LogP contribution < -0.4 is 16.0 Å². The molecule has 0 saturated carbocycles. The molecular formula is C14H18FN3O2. The van der Waals surface area contributed by atoms with E-state index in [4.69, 9.17) is 0 Å². The van der Waals surface area contributed by atoms with Gasteiger partial charge in [0.1, 0.15) is 11.9 Å². The van der Waals surface area contributed by atoms with Gasteiger partial charge in [-0.15, -0.1) is 0 Å². The molecule has 3 N–H and O–H groups in total. The van der Waals surface area contributed by atoms with E-state index in [9.17, 15) is 14.0 Å². The van der Waals surface area contributed by atoms with E-state index in [0.29, 0.717) is 24.2 Å². The molecule has 1 saturated heterocycles. The van der Waals surface area contributed by atoms with Crippen LogP contribution in [0.1, 0.15) is 26.7 Å². The van der Waals surface area contributed by atoms with Crippen LogP contribution in [0, 0.1) is 5.82 Å². The number of rotatable bonds is 4. The highest BCUT2D eigenvalue weighted by atomic mass is 19.1. The lowest BCUT2D eigenvalue weighted by molar-refractivity contribution is -0.122. The summed E-state index contributed by atoms with van der Waals surface area (Å²) in [6.07, 6.45) is 0.811. The molecule has 0 unspecified atom stereocenters. The summed E-state index contributed by atoms with van der Waals surface area (Å²) >= 11 is 0. The minimum Gasteiger partial charge on any atom is -0.381 e. The highest BCUT2D eigenvalue weighted by Crippen LogP contribution is 2.24. The monoisotopic (exact) mass is 279 g/mol. The van der Waals surface area contributed by atoms with Crippen LogP contribution >= 0.6 is 0 Å². The predicted molar refractivity (Wildman–Crippen MR) is 75.0 cm³/mol. The zero-order valence-electron chi connectivity index (χ0n) is 11.5. The molecule has 20 heavy (non-hydrogen) atoms. The van der Waals surface area contributed by atoms with E-state index < -0.39 is 11.9 Å². The summed E-state index contributed by atoms with van der Waals surface area (Å²) in [6, 6.07) is 3.79. The second-order valence-electron chi connectivity index (χ2n) is 5.14. The molecule has 1 fully saturated rings. The number of carbonyl (C=O) groups excluding carboxylic acids is 2. The number of amides is 2. The van der Waals surface area contributed by atoms with Crippen molar-refractivity contribution in [3.8, 4) is 0 Å². The number of halogens is 1. The maximum atomic E-state index is 13.3. The Kier molecular flexibility index (Phi) is 4.22. The third-order valence-corrected chi connectivity index (χ3v) is 3.00. The number of anilines is 2. The zero-order valence-corrected chi connectivity index (χ0v) is 11.5. The molecule has 0 bridgehead atoms. The zero-order chi connectivity index (χ0) is 14.7. The number of hydrogen-bond acceptors (Lipinski definition) is 3. The summed E-state index contributed by atoms with van der Waals surface area (Å²) in [5, 5.41) is 8.38. The first-order chi connectivity index (χ1) is 9.45. The minimum atomic E-state index is -0.544. The van der Waals surface area contributed by atoms with Crippen molar-refractivity contribution in [2.45, 2.75) is 38.8 Å². The predicted octanol–water partition coefficient (Wildman–Crippen LogP) is 1.86. The van der Waals surface area contributed by atoms with Crippen molar-refractivity contribution in [1.29, 1.82) is 0 Å². The quantitative estimate of drug-likeness (QED) is 0.788. The molecule has 0 radical (unpaired) electrons. The first-order valence-electron chi connectivity index (χ1n) is 6.62. The van der Waals surface area contributed by atoms with E-state index >= 15 is 0 Å². The van der Waals surface area contributed by atoms with Gasteiger partial charge in [-0.25, -0.2) is 4.39 Å². The van der Waals surface area contributed by atoms with Gasteiger partial charge in [0.2, 0.25) is 11.8 Å². The molecule has 1 atom stereocenters. The topological polar surface area (TPSA) is 70.2 Å². The van der Waals surface area contributed by atoms with Gasteiger partial charge in [-0.05, 0) is 38.5 Å². The summed E-state index contributed by atoms with van der Waals surface area (Å²) < 4.78 is 13.3. The fourth-order valence-electron chi connectivity index (χ4n) is 2.09. The Hall–Kier alpha value is -2.11. The Morgan fingerprint density at radius 1 is 1.40 bits per heavy atom. The third-order valence-electron chi connectivity index (χ3n) is 3.00. The summed E-state index contributed by atoms with van der Waals surface area (Å²) in [5.74, 6) is -0.886. The summed E-state index contributed by atoms with van der Waals surface area (Å²) in [6.45, 7) is 3.90. The highest BCUT2D eigenvalue weighted by Gasteiger charge is 2.27. The van der Waals surface area contributed by atoms with Crippen molar-refractivity contribution in [2.75, 3.05) is 10.6 Å². The molecule has 0 aliphatic carbocycles. The normalized spacial score (nSPS) is 18.0. The molecule has 5 nitrogen and oxygen atoms in total. The van der Waals surface area contributed by atoms with Gasteiger partial charge in [0.05, 0.1) is 11.4 Å². The first-order valence-corrected chi connectivity index (χ1v) is 6.62. The molecule has 1 aliphatic heterocycles. The van der Waals surface area contributed by atoms with Crippen LogP contribution in [0.3, 0.4) is 0 Å². The lowest BCUT2D eigenvalue weighted by Gasteiger charge is -2.17. The smallest absolute Gasteiger partial charge is 0.247 e. The number of benzene rings is 1. The maximum absolute atomic E-state index is 13.3. The maximum Gasteiger partial charge on any atom is 0.247 e. The Labute approximate surface area is 116 Å². The van der Waals surface area contributed by atoms with Crippen molar-refractivity contribution < 1.29 is 14.0 Å². The summed E-state index contributed by atoms with van der Waals surface area (Å²) in [5.41, 5.74) is 1.03. The van der Waals surface area contributed by atoms with Crippen LogP contribution in [0.25, 0.3) is 0 Å². The molecule has 1 aromatic rings. The van der Waals surface area contributed by atoms with E-state index in [1.54, 1.807) is 6.07 Å². The minimum absolute atomic E-state index is 0.134. The van der Waals surface area contributed by atoms with Crippen LogP contribution in [0.2, 0.25) is 0 Å². The Morgan fingerprint density at radius 2 is 2.15 bits per heavy atom. The molecule has 1 heterocycles. The second-order valence-corrected chi connectivity index (χ2v) is 5.14. The van der Waals surface area contributed by atoms with Gasteiger partial charge in [0.25, 0.3) is 0 Å². The second kappa shape index (κ2) is 5.90. The van der Waals surface area contributed by atoms with Crippen LogP contribution in [0.5, 0.6) is 0 Å². The average molecular weight is 279 g/mol. The molecule has 0 spiro atoms. The van der Waals surface area contributed by atoms with Crippen LogP contribution in [0.4, 0.5) is 15.8 Å². The van der Waals surface area contributed by atoms with Crippen molar-refractivity contribution in [2.24, 2.45) is 0 Å². The van der Waals surface area contributed by atoms with E-state index in [1.807, 2.05) is 13.8 Å². The lowest BCUT2D eigenvalue weighted by Crippen LogP contribution is -2.37. The Bertz CT molecular complexity index is 531. The van der Waals surface area contributed by atoms with Gasteiger partial charge in [-0.1, -0.05) is 0 Å². The summed E-state index contributed by atoms with van der Waals surface area (Å²) in [7, 11) is 0. The first kappa shape index (κ1) is 14.3. The third kappa shape index (κ3) is 3.46. The molecule has 1 aromatic carbocycles. The molecule has 2 amide bonds. The van der Waals surface area contributed by atoms with Gasteiger partial charge in [0, 0.05) is 12.5 Å². The van der Waals surface area contributed by atoms with Crippen molar-refractivity contribution in [3.63, 3.8) is 0 Å². The van der Waals surface area contributed by atoms with Crippen LogP contribution in [0.15, 0.2) is 18.2 Å². The van der Waals surface area contributed by atoms with Gasteiger partial charge in [-0.3, -0.25) is 9.59 Å². The van der Waals surface area contributed by atoms with Crippen molar-refractivity contribution >= 4 is 23.2 Å². The van der Waals surface area contributed by atoms with E-state index in [-0.39, 0.29) is 17.9 Å². The molecule has 1 aliphatic rings. The van der Waals surface area contributed by atoms with Gasteiger partial charge in [0.15, 0.2) is 0 Å². The van der Waals surface area contributed by atoms with Gasteiger partial charge >= 0.3 is 0 Å². The Balaban J connectivity index is 2.13. The molecule has 0 aromatic heterocycles. The standard InChI is InChI=1S/C14H18FN3O2/c1-8(2)16-10-4-3-9(15)7-12(10)18-14(20)11-5-6-13(19)17-11/h3-4,7-8,11,16H,5-6H2,1-2H3,(H,17,19)(H,18,20)/t11-/m1/s1. The number of carbonyl (C=O) groups is 2. The van der Waals surface area contributed by atoms with E-state index in [0.717, 1.165) is 0 Å². The highest BCUT2D eigenvalue weighted by molar-refractivity contribution is 6.00. The fourth-order valence-corrected chi connectivity index (χ4v) is 2.09. The van der Waals surface area contributed by atoms with Crippen LogP contribution in [-0.4, -0.2) is 23.9 Å². The van der Waals surface area contributed by atoms with Crippen molar-refractivity contribution in [3.05, 3.63) is 24.0 Å². The van der Waals surface area contributed by atoms with Crippen LogP contribution in [-0.2, 0) is 9.59 Å². The SMILES string of the molecule is CC(C)Nc1ccc(F)cc1NC(=O)[C@H]1CCC(=O)N1. The average Bonchev–Trinajstić information content (AvgIpc) is 2.79. The number of hydrogen-bond donors (Lipinski definition) is 3. The molecule has 6 heteroatoms. The molecule has 2 rings (SSSR count). The van der Waals surface area contributed by atoms with Gasteiger partial charge in [-0.2, -0.15) is 0 Å². The summed E-state index contributed by atoms with van der Waals surface area (Å²) in [4.78, 5) is 23.1. The lowest BCUT2D eigenvalue weighted by atomic mass is 10.2. The van der Waals surface area contributed by atoms with Gasteiger partial charge < -0.3 is 16.0 Å². The van der Waals surface area contributed by atoms with Crippen molar-refractivity contribution in [1.82, 2.24) is 5.32 Å². The Morgan fingerprint density at radius 3 is 2.75 bits per heavy atom. The van der Waals surface area contributed by atoms with E-state index in [1.165, 1.54) is 12.1 Å². The molecule has 108 valence electrons. The molecular weight excluding hydrogens is 261 g/mol. The fraction of sp³-hybridized carbons (Fsp3) is 0.429. The number of nitrogens with one attached hydrogen (secondary N) is 3. The largest absolute Gasteiger partial charge is 0.381 e. The van der Waals surface area contributed by atoms with E-state index in [2.05, 4.69) is 16.0 Å².